The summed E-state index contributed by atoms with van der Waals surface area (Å²) in [6.45, 7) is 9.84. The predicted molar refractivity (Wildman–Crippen MR) is 175 cm³/mol. The number of fused-ring (bicyclic) bond motifs is 1. The summed E-state index contributed by atoms with van der Waals surface area (Å²) in [5, 5.41) is 15.8. The number of aliphatic hydroxyl groups excluding tert-OH is 1. The normalized spacial score (nSPS) is 16.0. The number of methoxy groups -OCH3 is 1. The number of ether oxygens (including phenoxy) is 2. The molecule has 1 saturated heterocycles. The van der Waals surface area contributed by atoms with Crippen LogP contribution in [0, 0.1) is 6.92 Å². The first kappa shape index (κ1) is 34.0. The molecule has 0 spiro atoms. The second-order valence-electron chi connectivity index (χ2n) is 12.9. The molecular formula is C35H48N4O6. The molecule has 10 nitrogen and oxygen atoms in total. The largest absolute Gasteiger partial charge is 0.444 e. The number of anilines is 1. The third kappa shape index (κ3) is 9.31. The third-order valence-corrected chi connectivity index (χ3v) is 8.17. The van der Waals surface area contributed by atoms with Crippen molar-refractivity contribution in [1.82, 2.24) is 14.8 Å². The van der Waals surface area contributed by atoms with Crippen LogP contribution in [-0.2, 0) is 32.0 Å². The van der Waals surface area contributed by atoms with E-state index in [2.05, 4.69) is 46.4 Å². The van der Waals surface area contributed by atoms with Gasteiger partial charge in [-0.05, 0) is 82.7 Å². The van der Waals surface area contributed by atoms with Crippen LogP contribution in [0.1, 0.15) is 69.2 Å². The number of hydrogen-bond donors (Lipinski definition) is 3. The molecule has 0 radical (unpaired) electrons. The highest BCUT2D eigenvalue weighted by Gasteiger charge is 2.31. The number of para-hydroxylation sites is 1. The Morgan fingerprint density at radius 2 is 1.82 bits per heavy atom. The summed E-state index contributed by atoms with van der Waals surface area (Å²) in [5.74, 6) is -0.299. The second kappa shape index (κ2) is 15.4. The van der Waals surface area contributed by atoms with Crippen molar-refractivity contribution in [3.8, 4) is 0 Å². The van der Waals surface area contributed by atoms with E-state index in [9.17, 15) is 14.4 Å². The summed E-state index contributed by atoms with van der Waals surface area (Å²) >= 11 is 0. The number of amides is 3. The summed E-state index contributed by atoms with van der Waals surface area (Å²) in [6, 6.07) is 15.1. The maximum Gasteiger partial charge on any atom is 0.407 e. The SMILES string of the molecule is COCCCn1c(C2CCCN(C(=O)C[C@@H](Cc3ccc(NC(=O)CO)cc3)NC(=O)OC(C)(C)C)C2)c(C)c2ccccc21. The molecule has 0 bridgehead atoms. The predicted octanol–water partition coefficient (Wildman–Crippen LogP) is 5.15. The van der Waals surface area contributed by atoms with Crippen LogP contribution >= 0.6 is 0 Å². The van der Waals surface area contributed by atoms with Gasteiger partial charge in [0.1, 0.15) is 12.2 Å². The summed E-state index contributed by atoms with van der Waals surface area (Å²) in [6.07, 6.45) is 2.78. The van der Waals surface area contributed by atoms with Gasteiger partial charge in [-0.25, -0.2) is 4.79 Å². The molecule has 1 aliphatic heterocycles. The lowest BCUT2D eigenvalue weighted by atomic mass is 9.91. The molecule has 45 heavy (non-hydrogen) atoms. The Balaban J connectivity index is 1.51. The highest BCUT2D eigenvalue weighted by Crippen LogP contribution is 2.36. The first-order valence-electron chi connectivity index (χ1n) is 15.8. The van der Waals surface area contributed by atoms with Gasteiger partial charge >= 0.3 is 6.09 Å². The van der Waals surface area contributed by atoms with Crippen LogP contribution in [0.4, 0.5) is 10.5 Å². The minimum atomic E-state index is -0.676. The molecule has 1 fully saturated rings. The van der Waals surface area contributed by atoms with Gasteiger partial charge in [-0.3, -0.25) is 9.59 Å². The average Bonchev–Trinajstić information content (AvgIpc) is 3.28. The first-order chi connectivity index (χ1) is 21.5. The Kier molecular flexibility index (Phi) is 11.6. The van der Waals surface area contributed by atoms with Gasteiger partial charge in [0.2, 0.25) is 11.8 Å². The smallest absolute Gasteiger partial charge is 0.407 e. The third-order valence-electron chi connectivity index (χ3n) is 8.17. The number of rotatable bonds is 12. The molecule has 4 rings (SSSR count). The van der Waals surface area contributed by atoms with Crippen LogP contribution < -0.4 is 10.6 Å². The van der Waals surface area contributed by atoms with Crippen molar-refractivity contribution in [2.45, 2.75) is 83.9 Å². The van der Waals surface area contributed by atoms with Crippen molar-refractivity contribution in [3.63, 3.8) is 0 Å². The fourth-order valence-electron chi connectivity index (χ4n) is 6.26. The molecule has 0 saturated carbocycles. The molecule has 3 aromatic rings. The van der Waals surface area contributed by atoms with Crippen molar-refractivity contribution in [3.05, 3.63) is 65.4 Å². The van der Waals surface area contributed by atoms with Crippen LogP contribution in [0.3, 0.4) is 0 Å². The number of carbonyl (C=O) groups is 3. The maximum atomic E-state index is 13.8. The van der Waals surface area contributed by atoms with Gasteiger partial charge in [0, 0.05) is 74.0 Å². The van der Waals surface area contributed by atoms with E-state index in [1.54, 1.807) is 40.0 Å². The number of aliphatic hydroxyl groups is 1. The lowest BCUT2D eigenvalue weighted by molar-refractivity contribution is -0.133. The molecule has 2 aromatic carbocycles. The van der Waals surface area contributed by atoms with Gasteiger partial charge in [-0.15, -0.1) is 0 Å². The minimum Gasteiger partial charge on any atom is -0.444 e. The number of likely N-dealkylation sites (tertiary alicyclic amines) is 1. The molecule has 1 unspecified atom stereocenters. The van der Waals surface area contributed by atoms with Crippen LogP contribution in [0.25, 0.3) is 10.9 Å². The molecule has 244 valence electrons. The zero-order chi connectivity index (χ0) is 32.6. The fraction of sp³-hybridized carbons (Fsp3) is 0.514. The standard InChI is InChI=1S/C35H48N4O6/c1-24-29-11-6-7-12-30(29)39(18-9-19-44-5)33(24)26-10-8-17-38(22-26)32(42)21-28(37-34(43)45-35(2,3)4)20-25-13-15-27(16-14-25)36-31(41)23-40/h6-7,11-16,26,28,40H,8-10,17-23H2,1-5H3,(H,36,41)(H,37,43)/t26?,28-/m1/s1. The number of nitrogens with zero attached hydrogens (tertiary/aromatic N) is 2. The highest BCUT2D eigenvalue weighted by atomic mass is 16.6. The lowest BCUT2D eigenvalue weighted by Crippen LogP contribution is -2.46. The van der Waals surface area contributed by atoms with Crippen molar-refractivity contribution in [2.75, 3.05) is 38.7 Å². The molecule has 1 aliphatic rings. The van der Waals surface area contributed by atoms with Gasteiger partial charge in [-0.2, -0.15) is 0 Å². The summed E-state index contributed by atoms with van der Waals surface area (Å²) in [4.78, 5) is 40.1. The number of aromatic nitrogens is 1. The Hall–Kier alpha value is -3.89. The highest BCUT2D eigenvalue weighted by molar-refractivity contribution is 5.91. The van der Waals surface area contributed by atoms with E-state index < -0.39 is 30.3 Å². The Morgan fingerprint density at radius 3 is 2.51 bits per heavy atom. The van der Waals surface area contributed by atoms with Crippen molar-refractivity contribution < 1.29 is 29.0 Å². The van der Waals surface area contributed by atoms with Crippen LogP contribution in [0.5, 0.6) is 0 Å². The molecule has 3 amide bonds. The maximum absolute atomic E-state index is 13.8. The molecule has 2 atom stereocenters. The van der Waals surface area contributed by atoms with Gasteiger partial charge in [-0.1, -0.05) is 30.3 Å². The minimum absolute atomic E-state index is 0.00714. The average molecular weight is 621 g/mol. The van der Waals surface area contributed by atoms with Crippen LogP contribution in [0.15, 0.2) is 48.5 Å². The topological polar surface area (TPSA) is 122 Å². The van der Waals surface area contributed by atoms with E-state index in [0.29, 0.717) is 31.8 Å². The number of benzene rings is 2. The van der Waals surface area contributed by atoms with Crippen molar-refractivity contribution in [1.29, 1.82) is 0 Å². The van der Waals surface area contributed by atoms with Gasteiger partial charge in [0.15, 0.2) is 0 Å². The van der Waals surface area contributed by atoms with E-state index >= 15 is 0 Å². The molecule has 1 aromatic heterocycles. The number of aryl methyl sites for hydroxylation is 2. The number of alkyl carbamates (subject to hydrolysis) is 1. The summed E-state index contributed by atoms with van der Waals surface area (Å²) < 4.78 is 13.3. The number of piperidine rings is 1. The quantitative estimate of drug-likeness (QED) is 0.241. The zero-order valence-electron chi connectivity index (χ0n) is 27.2. The Morgan fingerprint density at radius 1 is 1.09 bits per heavy atom. The van der Waals surface area contributed by atoms with Crippen molar-refractivity contribution in [2.24, 2.45) is 0 Å². The van der Waals surface area contributed by atoms with Gasteiger partial charge in [0.25, 0.3) is 0 Å². The Bertz CT molecular complexity index is 1460. The van der Waals surface area contributed by atoms with E-state index in [-0.39, 0.29) is 18.2 Å². The first-order valence-corrected chi connectivity index (χ1v) is 15.8. The fourth-order valence-corrected chi connectivity index (χ4v) is 6.26. The van der Waals surface area contributed by atoms with E-state index in [4.69, 9.17) is 14.6 Å². The Labute approximate surface area is 266 Å². The number of nitrogens with one attached hydrogen (secondary N) is 2. The van der Waals surface area contributed by atoms with Crippen LogP contribution in [-0.4, -0.2) is 77.5 Å². The van der Waals surface area contributed by atoms with Crippen molar-refractivity contribution >= 4 is 34.5 Å². The van der Waals surface area contributed by atoms with Gasteiger partial charge in [0.05, 0.1) is 0 Å². The van der Waals surface area contributed by atoms with Gasteiger partial charge < -0.3 is 34.7 Å². The summed E-state index contributed by atoms with van der Waals surface area (Å²) in [7, 11) is 1.73. The summed E-state index contributed by atoms with van der Waals surface area (Å²) in [5.41, 5.74) is 4.55. The number of carbonyl (C=O) groups excluding carboxylic acids is 3. The molecule has 3 N–H and O–H groups in total. The lowest BCUT2D eigenvalue weighted by Gasteiger charge is -2.35. The second-order valence-corrected chi connectivity index (χ2v) is 12.9. The number of hydrogen-bond acceptors (Lipinski definition) is 6. The zero-order valence-corrected chi connectivity index (χ0v) is 27.2. The van der Waals surface area contributed by atoms with Crippen LogP contribution in [0.2, 0.25) is 0 Å². The monoisotopic (exact) mass is 620 g/mol. The molecule has 0 aliphatic carbocycles. The van der Waals surface area contributed by atoms with E-state index in [0.717, 1.165) is 31.4 Å². The molecule has 2 heterocycles. The molecule has 10 heteroatoms. The van der Waals surface area contributed by atoms with E-state index in [1.165, 1.54) is 22.2 Å². The van der Waals surface area contributed by atoms with E-state index in [1.807, 2.05) is 17.0 Å². The molecular weight excluding hydrogens is 572 g/mol.